The van der Waals surface area contributed by atoms with Crippen LogP contribution in [0.25, 0.3) is 5.57 Å². The van der Waals surface area contributed by atoms with E-state index >= 15 is 0 Å². The zero-order valence-electron chi connectivity index (χ0n) is 14.3. The van der Waals surface area contributed by atoms with E-state index in [9.17, 15) is 18.7 Å². The number of aromatic hydroxyl groups is 1. The monoisotopic (exact) mass is 383 g/mol. The van der Waals surface area contributed by atoms with Crippen molar-refractivity contribution in [3.8, 4) is 11.5 Å². The Hall–Kier alpha value is -2.61. The number of ether oxygens (including phenoxy) is 2. The predicted octanol–water partition coefficient (Wildman–Crippen LogP) is 3.71. The Morgan fingerprint density at radius 1 is 1.35 bits per heavy atom. The number of nitrogens with one attached hydrogen (secondary N) is 1. The van der Waals surface area contributed by atoms with Crippen LogP contribution in [0.4, 0.5) is 8.78 Å². The van der Waals surface area contributed by atoms with Crippen molar-refractivity contribution in [2.75, 3.05) is 13.7 Å². The number of alkyl halides is 2. The molecule has 8 heteroatoms. The maximum Gasteiger partial charge on any atom is 0.386 e. The smallest absolute Gasteiger partial charge is 0.386 e. The van der Waals surface area contributed by atoms with Gasteiger partial charge < -0.3 is 19.9 Å². The van der Waals surface area contributed by atoms with Gasteiger partial charge in [-0.15, -0.1) is 11.3 Å². The van der Waals surface area contributed by atoms with Gasteiger partial charge in [-0.1, -0.05) is 6.07 Å². The Morgan fingerprint density at radius 2 is 2.12 bits per heavy atom. The molecule has 0 aliphatic carbocycles. The van der Waals surface area contributed by atoms with Gasteiger partial charge in [0.25, 0.3) is 5.91 Å². The summed E-state index contributed by atoms with van der Waals surface area (Å²) in [6, 6.07) is 8.37. The second-order valence-corrected chi connectivity index (χ2v) is 6.64. The van der Waals surface area contributed by atoms with Crippen LogP contribution in [0.3, 0.4) is 0 Å². The standard InChI is InChI=1S/C18H19F2NO4S/c1-11-3-6-16(26-11)13(10-25-18(19)20)17(23)21-8-7-12-4-5-14(22)15(9-12)24-2/h3-6,9-10,18,22H,7-8H2,1-2H3,(H,21,23). The molecule has 2 rings (SSSR count). The number of hydrogen-bond donors (Lipinski definition) is 2. The molecule has 5 nitrogen and oxygen atoms in total. The van der Waals surface area contributed by atoms with E-state index in [1.54, 1.807) is 24.3 Å². The minimum absolute atomic E-state index is 0.0303. The lowest BCUT2D eigenvalue weighted by Gasteiger charge is -2.09. The molecule has 0 saturated heterocycles. The molecule has 2 aromatic rings. The third-order valence-corrected chi connectivity index (χ3v) is 4.52. The van der Waals surface area contributed by atoms with Gasteiger partial charge in [0.1, 0.15) is 6.26 Å². The SMILES string of the molecule is COc1cc(CCNC(=O)C(=COC(F)F)c2ccc(C)s2)ccc1O. The number of aryl methyl sites for hydroxylation is 1. The summed E-state index contributed by atoms with van der Waals surface area (Å²) < 4.78 is 33.9. The summed E-state index contributed by atoms with van der Waals surface area (Å²) in [4.78, 5) is 13.9. The minimum atomic E-state index is -3.00. The Kier molecular flexibility index (Phi) is 6.97. The number of amides is 1. The molecule has 0 atom stereocenters. The number of methoxy groups -OCH3 is 1. The molecule has 0 radical (unpaired) electrons. The number of carbonyl (C=O) groups is 1. The number of benzene rings is 1. The van der Waals surface area contributed by atoms with E-state index in [-0.39, 0.29) is 17.9 Å². The quantitative estimate of drug-likeness (QED) is 0.539. The summed E-state index contributed by atoms with van der Waals surface area (Å²) >= 11 is 1.31. The summed E-state index contributed by atoms with van der Waals surface area (Å²) in [5, 5.41) is 12.3. The summed E-state index contributed by atoms with van der Waals surface area (Å²) in [5.41, 5.74) is 0.896. The van der Waals surface area contributed by atoms with Gasteiger partial charge in [0, 0.05) is 16.3 Å². The van der Waals surface area contributed by atoms with Gasteiger partial charge in [-0.2, -0.15) is 8.78 Å². The number of halogens is 2. The fourth-order valence-electron chi connectivity index (χ4n) is 2.22. The van der Waals surface area contributed by atoms with Crippen LogP contribution in [0.15, 0.2) is 36.6 Å². The number of hydrogen-bond acceptors (Lipinski definition) is 5. The van der Waals surface area contributed by atoms with Crippen molar-refractivity contribution in [3.63, 3.8) is 0 Å². The second kappa shape index (κ2) is 9.19. The number of thiophene rings is 1. The van der Waals surface area contributed by atoms with E-state index in [1.165, 1.54) is 24.5 Å². The molecule has 1 aromatic heterocycles. The van der Waals surface area contributed by atoms with Gasteiger partial charge in [0.05, 0.1) is 12.7 Å². The number of phenolic OH excluding ortho intramolecular Hbond substituents is 1. The second-order valence-electron chi connectivity index (χ2n) is 5.35. The molecule has 1 heterocycles. The van der Waals surface area contributed by atoms with Crippen LogP contribution >= 0.6 is 11.3 Å². The number of phenols is 1. The third kappa shape index (κ3) is 5.45. The highest BCUT2D eigenvalue weighted by Crippen LogP contribution is 2.27. The molecule has 2 N–H and O–H groups in total. The van der Waals surface area contributed by atoms with Gasteiger partial charge >= 0.3 is 6.61 Å². The highest BCUT2D eigenvalue weighted by atomic mass is 32.1. The number of rotatable bonds is 8. The maximum absolute atomic E-state index is 12.4. The highest BCUT2D eigenvalue weighted by molar-refractivity contribution is 7.13. The molecule has 0 aliphatic rings. The van der Waals surface area contributed by atoms with Crippen molar-refractivity contribution in [2.45, 2.75) is 20.0 Å². The summed E-state index contributed by atoms with van der Waals surface area (Å²) in [6.45, 7) is -0.859. The summed E-state index contributed by atoms with van der Waals surface area (Å²) in [6.07, 6.45) is 1.27. The van der Waals surface area contributed by atoms with E-state index in [2.05, 4.69) is 10.1 Å². The minimum Gasteiger partial charge on any atom is -0.504 e. The van der Waals surface area contributed by atoms with E-state index in [4.69, 9.17) is 4.74 Å². The lowest BCUT2D eigenvalue weighted by atomic mass is 10.1. The molecule has 0 unspecified atom stereocenters. The van der Waals surface area contributed by atoms with Crippen LogP contribution in [-0.4, -0.2) is 31.3 Å². The Labute approximate surface area is 153 Å². The topological polar surface area (TPSA) is 67.8 Å². The zero-order chi connectivity index (χ0) is 19.1. The van der Waals surface area contributed by atoms with Crippen molar-refractivity contribution >= 4 is 22.8 Å². The van der Waals surface area contributed by atoms with Crippen molar-refractivity contribution in [1.82, 2.24) is 5.32 Å². The molecule has 1 amide bonds. The first-order valence-corrected chi connectivity index (χ1v) is 8.57. The molecule has 0 bridgehead atoms. The first-order chi connectivity index (χ1) is 12.4. The maximum atomic E-state index is 12.4. The van der Waals surface area contributed by atoms with Gasteiger partial charge in [0.2, 0.25) is 0 Å². The fraction of sp³-hybridized carbons (Fsp3) is 0.278. The average molecular weight is 383 g/mol. The molecule has 26 heavy (non-hydrogen) atoms. The average Bonchev–Trinajstić information content (AvgIpc) is 3.02. The number of carbonyl (C=O) groups excluding carboxylic acids is 1. The van der Waals surface area contributed by atoms with E-state index < -0.39 is 12.5 Å². The largest absolute Gasteiger partial charge is 0.504 e. The van der Waals surface area contributed by atoms with Crippen molar-refractivity contribution < 1.29 is 28.2 Å². The molecule has 0 saturated carbocycles. The van der Waals surface area contributed by atoms with Crippen molar-refractivity contribution in [1.29, 1.82) is 0 Å². The fourth-order valence-corrected chi connectivity index (χ4v) is 3.09. The van der Waals surface area contributed by atoms with Crippen LogP contribution in [-0.2, 0) is 16.0 Å². The van der Waals surface area contributed by atoms with Gasteiger partial charge in [-0.25, -0.2) is 0 Å². The van der Waals surface area contributed by atoms with E-state index in [1.807, 2.05) is 6.92 Å². The normalized spacial score (nSPS) is 11.5. The van der Waals surface area contributed by atoms with E-state index in [0.717, 1.165) is 16.7 Å². The summed E-state index contributed by atoms with van der Waals surface area (Å²) in [7, 11) is 1.45. The van der Waals surface area contributed by atoms with Gasteiger partial charge in [-0.05, 0) is 43.2 Å². The van der Waals surface area contributed by atoms with Gasteiger partial charge in [0.15, 0.2) is 11.5 Å². The molecule has 140 valence electrons. The lowest BCUT2D eigenvalue weighted by Crippen LogP contribution is -2.26. The van der Waals surface area contributed by atoms with Crippen LogP contribution in [0.1, 0.15) is 15.3 Å². The van der Waals surface area contributed by atoms with Gasteiger partial charge in [-0.3, -0.25) is 4.79 Å². The van der Waals surface area contributed by atoms with Crippen LogP contribution in [0, 0.1) is 6.92 Å². The molecular formula is C18H19F2NO4S. The Bertz CT molecular complexity index is 789. The first-order valence-electron chi connectivity index (χ1n) is 7.75. The van der Waals surface area contributed by atoms with Crippen LogP contribution < -0.4 is 10.1 Å². The molecule has 0 aliphatic heterocycles. The molecule has 0 spiro atoms. The van der Waals surface area contributed by atoms with Crippen molar-refractivity contribution in [2.24, 2.45) is 0 Å². The van der Waals surface area contributed by atoms with Crippen LogP contribution in [0.5, 0.6) is 11.5 Å². The Morgan fingerprint density at radius 3 is 2.73 bits per heavy atom. The first kappa shape index (κ1) is 19.7. The molecule has 0 fully saturated rings. The summed E-state index contributed by atoms with van der Waals surface area (Å²) in [5.74, 6) is -0.130. The van der Waals surface area contributed by atoms with Crippen LogP contribution in [0.2, 0.25) is 0 Å². The van der Waals surface area contributed by atoms with Crippen molar-refractivity contribution in [3.05, 3.63) is 51.9 Å². The van der Waals surface area contributed by atoms with E-state index in [0.29, 0.717) is 17.0 Å². The molecule has 1 aromatic carbocycles. The molecular weight excluding hydrogens is 364 g/mol. The zero-order valence-corrected chi connectivity index (χ0v) is 15.1. The Balaban J connectivity index is 2.02. The predicted molar refractivity (Wildman–Crippen MR) is 95.5 cm³/mol. The third-order valence-electron chi connectivity index (χ3n) is 3.48. The lowest BCUT2D eigenvalue weighted by molar-refractivity contribution is -0.116. The highest BCUT2D eigenvalue weighted by Gasteiger charge is 2.15.